The van der Waals surface area contributed by atoms with E-state index in [1.54, 1.807) is 17.8 Å². The van der Waals surface area contributed by atoms with Crippen molar-refractivity contribution in [3.63, 3.8) is 0 Å². The average Bonchev–Trinajstić information content (AvgIpc) is 2.46. The van der Waals surface area contributed by atoms with E-state index in [2.05, 4.69) is 15.0 Å². The summed E-state index contributed by atoms with van der Waals surface area (Å²) in [5.41, 5.74) is 7.18. The fourth-order valence-electron chi connectivity index (χ4n) is 1.16. The summed E-state index contributed by atoms with van der Waals surface area (Å²) in [4.78, 5) is 11.6. The molecule has 0 aromatic carbocycles. The maximum atomic E-state index is 5.54. The van der Waals surface area contributed by atoms with Crippen molar-refractivity contribution < 1.29 is 0 Å². The molecule has 4 nitrogen and oxygen atoms in total. The topological polar surface area (TPSA) is 67.6 Å². The fraction of sp³-hybridized carbons (Fsp3) is 0.250. The lowest BCUT2D eigenvalue weighted by Gasteiger charge is -1.88. The van der Waals surface area contributed by atoms with Crippen LogP contribution < -0.4 is 5.73 Å². The first-order chi connectivity index (χ1) is 6.29. The highest BCUT2D eigenvalue weighted by Crippen LogP contribution is 2.13. The minimum absolute atomic E-state index is 0.509. The molecule has 0 fully saturated rings. The highest BCUT2D eigenvalue weighted by Gasteiger charge is 2.02. The number of rotatable bonds is 2. The predicted molar refractivity (Wildman–Crippen MR) is 55.5 cm³/mol. The number of nitrogen functional groups attached to an aromatic ring is 1. The van der Waals surface area contributed by atoms with E-state index in [4.69, 9.17) is 5.73 Å². The van der Waals surface area contributed by atoms with E-state index in [1.807, 2.05) is 12.3 Å². The number of anilines is 1. The van der Waals surface area contributed by atoms with Crippen LogP contribution in [0.1, 0.15) is 5.82 Å². The molecule has 0 unspecified atom stereocenters. The molecule has 0 aliphatic carbocycles. The number of H-pyrrole nitrogens is 1. The lowest BCUT2D eigenvalue weighted by atomic mass is 10.4. The Bertz CT molecular complexity index is 423. The zero-order chi connectivity index (χ0) is 9.26. The maximum Gasteiger partial charge on any atom is 0.179 e. The number of fused-ring (bicyclic) bond motifs is 1. The van der Waals surface area contributed by atoms with Crippen LogP contribution in [0.15, 0.2) is 12.1 Å². The Morgan fingerprint density at radius 3 is 3.08 bits per heavy atom. The van der Waals surface area contributed by atoms with E-state index < -0.39 is 0 Å². The van der Waals surface area contributed by atoms with Crippen LogP contribution in [0.5, 0.6) is 0 Å². The minimum Gasteiger partial charge on any atom is -0.384 e. The van der Waals surface area contributed by atoms with Gasteiger partial charge in [0, 0.05) is 0 Å². The fourth-order valence-corrected chi connectivity index (χ4v) is 1.57. The number of aromatic amines is 1. The van der Waals surface area contributed by atoms with E-state index >= 15 is 0 Å². The highest BCUT2D eigenvalue weighted by atomic mass is 32.2. The molecule has 0 amide bonds. The molecule has 3 N–H and O–H groups in total. The highest BCUT2D eigenvalue weighted by molar-refractivity contribution is 7.97. The van der Waals surface area contributed by atoms with Crippen molar-refractivity contribution in [2.24, 2.45) is 0 Å². The van der Waals surface area contributed by atoms with Gasteiger partial charge in [0.25, 0.3) is 0 Å². The molecule has 2 heterocycles. The second-order valence-corrected chi connectivity index (χ2v) is 3.59. The van der Waals surface area contributed by atoms with E-state index in [0.717, 1.165) is 17.1 Å². The number of thioether (sulfide) groups is 1. The Morgan fingerprint density at radius 1 is 1.46 bits per heavy atom. The van der Waals surface area contributed by atoms with Gasteiger partial charge in [-0.1, -0.05) is 0 Å². The van der Waals surface area contributed by atoms with Crippen LogP contribution in [0.3, 0.4) is 0 Å². The molecule has 0 bridgehead atoms. The summed E-state index contributed by atoms with van der Waals surface area (Å²) in [5.74, 6) is 2.33. The number of hydrogen-bond donors (Lipinski definition) is 2. The number of imidazole rings is 1. The van der Waals surface area contributed by atoms with Gasteiger partial charge in [-0.15, -0.1) is 0 Å². The summed E-state index contributed by atoms with van der Waals surface area (Å²) in [6.45, 7) is 0. The van der Waals surface area contributed by atoms with Crippen molar-refractivity contribution in [3.8, 4) is 0 Å². The quantitative estimate of drug-likeness (QED) is 0.758. The molecule has 0 aliphatic rings. The molecule has 0 saturated carbocycles. The molecule has 0 aliphatic heterocycles. The van der Waals surface area contributed by atoms with E-state index in [9.17, 15) is 0 Å². The number of aromatic nitrogens is 3. The van der Waals surface area contributed by atoms with Crippen molar-refractivity contribution in [1.82, 2.24) is 15.0 Å². The Labute approximate surface area is 80.0 Å². The van der Waals surface area contributed by atoms with Gasteiger partial charge in [-0.25, -0.2) is 9.97 Å². The number of pyridine rings is 1. The third kappa shape index (κ3) is 1.60. The Balaban J connectivity index is 2.49. The van der Waals surface area contributed by atoms with E-state index in [1.165, 1.54) is 0 Å². The summed E-state index contributed by atoms with van der Waals surface area (Å²) in [7, 11) is 0. The molecule has 0 radical (unpaired) electrons. The molecule has 2 aromatic rings. The van der Waals surface area contributed by atoms with Crippen LogP contribution in [-0.2, 0) is 5.75 Å². The van der Waals surface area contributed by atoms with E-state index in [0.29, 0.717) is 11.5 Å². The molecule has 2 rings (SSSR count). The van der Waals surface area contributed by atoms with Gasteiger partial charge in [0.1, 0.15) is 11.6 Å². The molecule has 2 aromatic heterocycles. The summed E-state index contributed by atoms with van der Waals surface area (Å²) in [5, 5.41) is 0. The number of nitrogens with one attached hydrogen (secondary N) is 1. The van der Waals surface area contributed by atoms with Crippen LogP contribution in [0, 0.1) is 0 Å². The van der Waals surface area contributed by atoms with Crippen LogP contribution in [0.2, 0.25) is 0 Å². The first-order valence-electron chi connectivity index (χ1n) is 3.89. The van der Waals surface area contributed by atoms with Crippen molar-refractivity contribution in [2.45, 2.75) is 5.75 Å². The molecule has 68 valence electrons. The SMILES string of the molecule is CSCc1nc2nc(N)ccc2[nH]1. The molecular formula is C8H10N4S. The number of nitrogens with zero attached hydrogens (tertiary/aromatic N) is 2. The smallest absolute Gasteiger partial charge is 0.179 e. The van der Waals surface area contributed by atoms with Gasteiger partial charge in [-0.2, -0.15) is 11.8 Å². The molecule has 0 saturated heterocycles. The van der Waals surface area contributed by atoms with Gasteiger partial charge in [-0.3, -0.25) is 0 Å². The third-order valence-corrected chi connectivity index (χ3v) is 2.26. The number of hydrogen-bond acceptors (Lipinski definition) is 4. The van der Waals surface area contributed by atoms with Gasteiger partial charge in [0.15, 0.2) is 5.65 Å². The van der Waals surface area contributed by atoms with Crippen molar-refractivity contribution in [2.75, 3.05) is 12.0 Å². The van der Waals surface area contributed by atoms with Gasteiger partial charge in [-0.05, 0) is 18.4 Å². The van der Waals surface area contributed by atoms with Crippen LogP contribution in [0.25, 0.3) is 11.2 Å². The normalized spacial score (nSPS) is 10.8. The lowest BCUT2D eigenvalue weighted by Crippen LogP contribution is -1.88. The molecule has 5 heteroatoms. The summed E-state index contributed by atoms with van der Waals surface area (Å²) in [6.07, 6.45) is 2.04. The van der Waals surface area contributed by atoms with Crippen molar-refractivity contribution in [1.29, 1.82) is 0 Å². The lowest BCUT2D eigenvalue weighted by molar-refractivity contribution is 1.14. The van der Waals surface area contributed by atoms with E-state index in [-0.39, 0.29) is 0 Å². The first-order valence-corrected chi connectivity index (χ1v) is 5.29. The molecule has 0 atom stereocenters. The van der Waals surface area contributed by atoms with Gasteiger partial charge in [0.05, 0.1) is 11.3 Å². The Hall–Kier alpha value is -1.23. The maximum absolute atomic E-state index is 5.54. The average molecular weight is 194 g/mol. The molecular weight excluding hydrogens is 184 g/mol. The molecule has 0 spiro atoms. The largest absolute Gasteiger partial charge is 0.384 e. The zero-order valence-electron chi connectivity index (χ0n) is 7.24. The van der Waals surface area contributed by atoms with Crippen LogP contribution in [-0.4, -0.2) is 21.2 Å². The summed E-state index contributed by atoms with van der Waals surface area (Å²) < 4.78 is 0. The second-order valence-electron chi connectivity index (χ2n) is 2.72. The second kappa shape index (κ2) is 3.26. The number of nitrogens with two attached hydrogens (primary N) is 1. The Morgan fingerprint density at radius 2 is 2.31 bits per heavy atom. The summed E-state index contributed by atoms with van der Waals surface area (Å²) >= 11 is 1.72. The minimum atomic E-state index is 0.509. The zero-order valence-corrected chi connectivity index (χ0v) is 8.06. The van der Waals surface area contributed by atoms with Gasteiger partial charge in [0.2, 0.25) is 0 Å². The predicted octanol–water partition coefficient (Wildman–Crippen LogP) is 1.40. The molecule has 13 heavy (non-hydrogen) atoms. The third-order valence-electron chi connectivity index (χ3n) is 1.70. The van der Waals surface area contributed by atoms with Crippen LogP contribution in [0.4, 0.5) is 5.82 Å². The Kier molecular flexibility index (Phi) is 2.10. The van der Waals surface area contributed by atoms with Crippen LogP contribution >= 0.6 is 11.8 Å². The first kappa shape index (κ1) is 8.37. The van der Waals surface area contributed by atoms with Gasteiger partial charge >= 0.3 is 0 Å². The standard InChI is InChI=1S/C8H10N4S/c1-13-4-7-10-5-2-3-6(9)11-8(5)12-7/h2-3H,4H2,1H3,(H3,9,10,11,12). The van der Waals surface area contributed by atoms with Crippen molar-refractivity contribution >= 4 is 28.7 Å². The monoisotopic (exact) mass is 194 g/mol. The summed E-state index contributed by atoms with van der Waals surface area (Å²) in [6, 6.07) is 3.66. The van der Waals surface area contributed by atoms with Crippen molar-refractivity contribution in [3.05, 3.63) is 18.0 Å². The van der Waals surface area contributed by atoms with Gasteiger partial charge < -0.3 is 10.7 Å².